The Balaban J connectivity index is 3.75. The van der Waals surface area contributed by atoms with E-state index in [-0.39, 0.29) is 5.69 Å². The monoisotopic (exact) mass is 250 g/mol. The van der Waals surface area contributed by atoms with Crippen LogP contribution in [0.25, 0.3) is 0 Å². The number of carboxylic acid groups (broad SMARTS) is 1. The number of pyridine rings is 1. The number of carbonyl (C=O) groups is 1. The molecule has 1 heterocycles. The lowest BCUT2D eigenvalue weighted by molar-refractivity contribution is -0.137. The molecule has 0 bridgehead atoms. The Morgan fingerprint density at radius 2 is 2.00 bits per heavy atom. The maximum atomic E-state index is 12.7. The van der Waals surface area contributed by atoms with E-state index in [0.717, 1.165) is 7.11 Å². The number of nitrogens with two attached hydrogens (primary N) is 1. The van der Waals surface area contributed by atoms with Crippen LogP contribution in [-0.2, 0) is 6.18 Å². The lowest BCUT2D eigenvalue weighted by atomic mass is 10.1. The second-order valence-electron chi connectivity index (χ2n) is 3.17. The highest BCUT2D eigenvalue weighted by Gasteiger charge is 2.41. The molecule has 1 aromatic heterocycles. The molecule has 1 rings (SSSR count). The van der Waals surface area contributed by atoms with Crippen LogP contribution in [0.15, 0.2) is 0 Å². The van der Waals surface area contributed by atoms with Gasteiger partial charge in [0.1, 0.15) is 11.1 Å². The predicted molar refractivity (Wildman–Crippen MR) is 51.9 cm³/mol. The molecule has 8 heteroatoms. The first-order valence-electron chi connectivity index (χ1n) is 4.34. The Morgan fingerprint density at radius 1 is 1.47 bits per heavy atom. The van der Waals surface area contributed by atoms with Crippen LogP contribution >= 0.6 is 0 Å². The summed E-state index contributed by atoms with van der Waals surface area (Å²) in [6.45, 7) is 1.23. The van der Waals surface area contributed by atoms with E-state index < -0.39 is 34.8 Å². The van der Waals surface area contributed by atoms with Crippen molar-refractivity contribution in [3.8, 4) is 5.88 Å². The van der Waals surface area contributed by atoms with E-state index in [1.54, 1.807) is 0 Å². The standard InChI is InChI=1S/C9H9F3N2O3/c1-3-6(13)5(9(10,11)12)4(8(15)16)7(14-3)17-2/h13H2,1-2H3,(H,15,16). The van der Waals surface area contributed by atoms with Gasteiger partial charge in [-0.05, 0) is 6.92 Å². The quantitative estimate of drug-likeness (QED) is 0.834. The van der Waals surface area contributed by atoms with Crippen molar-refractivity contribution in [3.63, 3.8) is 0 Å². The fraction of sp³-hybridized carbons (Fsp3) is 0.333. The lowest BCUT2D eigenvalue weighted by Gasteiger charge is -2.16. The van der Waals surface area contributed by atoms with Gasteiger partial charge in [-0.15, -0.1) is 0 Å². The minimum Gasteiger partial charge on any atom is -0.480 e. The van der Waals surface area contributed by atoms with Crippen molar-refractivity contribution < 1.29 is 27.8 Å². The summed E-state index contributed by atoms with van der Waals surface area (Å²) in [6, 6.07) is 0. The van der Waals surface area contributed by atoms with Crippen LogP contribution in [-0.4, -0.2) is 23.2 Å². The van der Waals surface area contributed by atoms with Crippen LogP contribution < -0.4 is 10.5 Å². The Kier molecular flexibility index (Phi) is 3.16. The minimum absolute atomic E-state index is 0.140. The third-order valence-electron chi connectivity index (χ3n) is 2.08. The van der Waals surface area contributed by atoms with Crippen LogP contribution in [0.5, 0.6) is 5.88 Å². The summed E-state index contributed by atoms with van der Waals surface area (Å²) in [6.07, 6.45) is -4.89. The number of aryl methyl sites for hydroxylation is 1. The number of ether oxygens (including phenoxy) is 1. The summed E-state index contributed by atoms with van der Waals surface area (Å²) >= 11 is 0. The second-order valence-corrected chi connectivity index (χ2v) is 3.17. The number of aromatic nitrogens is 1. The van der Waals surface area contributed by atoms with Crippen LogP contribution in [0, 0.1) is 6.92 Å². The maximum absolute atomic E-state index is 12.7. The summed E-state index contributed by atoms with van der Waals surface area (Å²) in [7, 11) is 1.03. The van der Waals surface area contributed by atoms with Crippen LogP contribution in [0.3, 0.4) is 0 Å². The Hall–Kier alpha value is -1.99. The van der Waals surface area contributed by atoms with E-state index >= 15 is 0 Å². The number of alkyl halides is 3. The molecule has 94 valence electrons. The Labute approximate surface area is 94.0 Å². The number of halogens is 3. The zero-order valence-electron chi connectivity index (χ0n) is 8.92. The number of aromatic carboxylic acids is 1. The maximum Gasteiger partial charge on any atom is 0.419 e. The molecule has 17 heavy (non-hydrogen) atoms. The van der Waals surface area contributed by atoms with Gasteiger partial charge < -0.3 is 15.6 Å². The summed E-state index contributed by atoms with van der Waals surface area (Å²) in [5.41, 5.74) is 1.86. The van der Waals surface area contributed by atoms with Crippen LogP contribution in [0.2, 0.25) is 0 Å². The first-order chi connectivity index (χ1) is 7.70. The molecule has 0 amide bonds. The molecule has 0 spiro atoms. The molecule has 0 aliphatic carbocycles. The van der Waals surface area contributed by atoms with Gasteiger partial charge >= 0.3 is 12.1 Å². The molecule has 0 atom stereocenters. The third-order valence-corrected chi connectivity index (χ3v) is 2.08. The molecule has 0 saturated carbocycles. The van der Waals surface area contributed by atoms with E-state index in [1.807, 2.05) is 0 Å². The van der Waals surface area contributed by atoms with Crippen molar-refractivity contribution in [1.29, 1.82) is 0 Å². The molecule has 0 saturated heterocycles. The summed E-state index contributed by atoms with van der Waals surface area (Å²) in [4.78, 5) is 14.4. The van der Waals surface area contributed by atoms with E-state index in [4.69, 9.17) is 10.8 Å². The fourth-order valence-electron chi connectivity index (χ4n) is 1.33. The van der Waals surface area contributed by atoms with Gasteiger partial charge in [0.25, 0.3) is 0 Å². The summed E-state index contributed by atoms with van der Waals surface area (Å²) in [5.74, 6) is -2.41. The molecule has 5 nitrogen and oxygen atoms in total. The molecule has 3 N–H and O–H groups in total. The minimum atomic E-state index is -4.89. The summed E-state index contributed by atoms with van der Waals surface area (Å²) < 4.78 is 42.7. The number of nitrogen functional groups attached to an aromatic ring is 1. The summed E-state index contributed by atoms with van der Waals surface area (Å²) in [5, 5.41) is 8.78. The molecule has 0 aliphatic rings. The lowest BCUT2D eigenvalue weighted by Crippen LogP contribution is -2.19. The van der Waals surface area contributed by atoms with E-state index in [0.29, 0.717) is 0 Å². The molecular weight excluding hydrogens is 241 g/mol. The zero-order chi connectivity index (χ0) is 13.4. The van der Waals surface area contributed by atoms with Crippen molar-refractivity contribution in [3.05, 3.63) is 16.8 Å². The molecule has 0 aliphatic heterocycles. The largest absolute Gasteiger partial charge is 0.480 e. The van der Waals surface area contributed by atoms with E-state index in [1.165, 1.54) is 6.92 Å². The molecule has 0 radical (unpaired) electrons. The fourth-order valence-corrected chi connectivity index (χ4v) is 1.33. The van der Waals surface area contributed by atoms with E-state index in [9.17, 15) is 18.0 Å². The number of carboxylic acids is 1. The van der Waals surface area contributed by atoms with Crippen LogP contribution in [0.4, 0.5) is 18.9 Å². The van der Waals surface area contributed by atoms with E-state index in [2.05, 4.69) is 9.72 Å². The van der Waals surface area contributed by atoms with Gasteiger partial charge in [0.05, 0.1) is 18.5 Å². The molecular formula is C9H9F3N2O3. The third kappa shape index (κ3) is 2.24. The zero-order valence-corrected chi connectivity index (χ0v) is 8.92. The number of hydrogen-bond donors (Lipinski definition) is 2. The topological polar surface area (TPSA) is 85.4 Å². The van der Waals surface area contributed by atoms with Crippen LogP contribution in [0.1, 0.15) is 21.6 Å². The SMILES string of the molecule is COc1nc(C)c(N)c(C(F)(F)F)c1C(=O)O. The molecule has 0 aromatic carbocycles. The van der Waals surface area contributed by atoms with Crippen molar-refractivity contribution in [2.45, 2.75) is 13.1 Å². The van der Waals surface area contributed by atoms with Gasteiger partial charge in [-0.2, -0.15) is 13.2 Å². The highest BCUT2D eigenvalue weighted by Crippen LogP contribution is 2.40. The smallest absolute Gasteiger partial charge is 0.419 e. The van der Waals surface area contributed by atoms with Crippen molar-refractivity contribution in [2.24, 2.45) is 0 Å². The van der Waals surface area contributed by atoms with Gasteiger partial charge in [0, 0.05) is 0 Å². The number of methoxy groups -OCH3 is 1. The first kappa shape index (κ1) is 13.1. The Morgan fingerprint density at radius 3 is 2.35 bits per heavy atom. The van der Waals surface area contributed by atoms with Gasteiger partial charge in [-0.1, -0.05) is 0 Å². The molecule has 1 aromatic rings. The molecule has 0 unspecified atom stereocenters. The second kappa shape index (κ2) is 4.11. The average molecular weight is 250 g/mol. The van der Waals surface area contributed by atoms with Gasteiger partial charge in [0.2, 0.25) is 5.88 Å². The van der Waals surface area contributed by atoms with Crippen molar-refractivity contribution >= 4 is 11.7 Å². The average Bonchev–Trinajstić information content (AvgIpc) is 2.18. The highest BCUT2D eigenvalue weighted by molar-refractivity contribution is 5.94. The van der Waals surface area contributed by atoms with Gasteiger partial charge in [0.15, 0.2) is 0 Å². The van der Waals surface area contributed by atoms with Crippen molar-refractivity contribution in [1.82, 2.24) is 4.98 Å². The normalized spacial score (nSPS) is 11.4. The highest BCUT2D eigenvalue weighted by atomic mass is 19.4. The number of nitrogens with zero attached hydrogens (tertiary/aromatic N) is 1. The van der Waals surface area contributed by atoms with Gasteiger partial charge in [-0.25, -0.2) is 9.78 Å². The number of rotatable bonds is 2. The van der Waals surface area contributed by atoms with Gasteiger partial charge in [-0.3, -0.25) is 0 Å². The number of hydrogen-bond acceptors (Lipinski definition) is 4. The predicted octanol–water partition coefficient (Wildman–Crippen LogP) is 1.70. The van der Waals surface area contributed by atoms with Crippen molar-refractivity contribution in [2.75, 3.05) is 12.8 Å². The Bertz CT molecular complexity index is 472. The number of anilines is 1. The first-order valence-corrected chi connectivity index (χ1v) is 4.34. The molecule has 0 fully saturated rings.